The van der Waals surface area contributed by atoms with E-state index in [-0.39, 0.29) is 6.10 Å². The van der Waals surface area contributed by atoms with Crippen LogP contribution in [0.3, 0.4) is 0 Å². The smallest absolute Gasteiger partial charge is 0.0573 e. The maximum absolute atomic E-state index is 10.5. The van der Waals surface area contributed by atoms with Crippen LogP contribution < -0.4 is 0 Å². The van der Waals surface area contributed by atoms with E-state index in [0.717, 1.165) is 24.2 Å². The molecule has 1 nitrogen and oxygen atoms in total. The van der Waals surface area contributed by atoms with Gasteiger partial charge in [0.15, 0.2) is 0 Å². The lowest BCUT2D eigenvalue weighted by molar-refractivity contribution is 0.0511. The Balaban J connectivity index is 1.77. The molecule has 0 aromatic rings. The lowest BCUT2D eigenvalue weighted by atomic mass is 9.80. The van der Waals surface area contributed by atoms with E-state index in [1.165, 1.54) is 51.4 Å². The highest BCUT2D eigenvalue weighted by Crippen LogP contribution is 2.50. The molecule has 100 valence electrons. The van der Waals surface area contributed by atoms with E-state index in [1.54, 1.807) is 0 Å². The number of unbranched alkanes of at least 4 members (excludes halogenated alkanes) is 1. The summed E-state index contributed by atoms with van der Waals surface area (Å²) < 4.78 is 0. The zero-order chi connectivity index (χ0) is 12.3. The van der Waals surface area contributed by atoms with Gasteiger partial charge in [0, 0.05) is 0 Å². The molecule has 0 spiro atoms. The summed E-state index contributed by atoms with van der Waals surface area (Å²) in [6, 6.07) is 0. The predicted molar refractivity (Wildman–Crippen MR) is 72.9 cm³/mol. The summed E-state index contributed by atoms with van der Waals surface area (Å²) in [5, 5.41) is 10.5. The lowest BCUT2D eigenvalue weighted by Crippen LogP contribution is -2.27. The Morgan fingerprint density at radius 1 is 1.18 bits per heavy atom. The average molecular weight is 238 g/mol. The molecular formula is C16H30O. The van der Waals surface area contributed by atoms with Crippen LogP contribution in [0.1, 0.15) is 71.6 Å². The third-order valence-electron chi connectivity index (χ3n) is 5.41. The van der Waals surface area contributed by atoms with E-state index in [0.29, 0.717) is 5.92 Å². The number of aliphatic hydroxyl groups excluding tert-OH is 1. The molecule has 2 aliphatic rings. The van der Waals surface area contributed by atoms with Crippen molar-refractivity contribution < 1.29 is 5.11 Å². The molecule has 1 N–H and O–H groups in total. The highest BCUT2D eigenvalue weighted by atomic mass is 16.3. The highest BCUT2D eigenvalue weighted by Gasteiger charge is 2.42. The summed E-state index contributed by atoms with van der Waals surface area (Å²) in [5.41, 5.74) is 0. The van der Waals surface area contributed by atoms with Crippen molar-refractivity contribution in [3.8, 4) is 0 Å². The van der Waals surface area contributed by atoms with Gasteiger partial charge < -0.3 is 5.11 Å². The van der Waals surface area contributed by atoms with E-state index < -0.39 is 0 Å². The number of rotatable bonds is 7. The standard InChI is InChI=1S/C16H30O/c1-3-5-6-12(4-2)11-16(17)15-10-13-7-8-14(15)9-13/h12-17H,3-11H2,1-2H3. The normalized spacial score (nSPS) is 35.1. The van der Waals surface area contributed by atoms with Crippen LogP contribution in [0.15, 0.2) is 0 Å². The third-order valence-corrected chi connectivity index (χ3v) is 5.41. The third kappa shape index (κ3) is 3.24. The van der Waals surface area contributed by atoms with E-state index >= 15 is 0 Å². The van der Waals surface area contributed by atoms with Gasteiger partial charge in [-0.25, -0.2) is 0 Å². The first-order chi connectivity index (χ1) is 8.24. The number of hydrogen-bond donors (Lipinski definition) is 1. The van der Waals surface area contributed by atoms with E-state index in [9.17, 15) is 5.11 Å². The van der Waals surface area contributed by atoms with Crippen LogP contribution in [-0.2, 0) is 0 Å². The highest BCUT2D eigenvalue weighted by molar-refractivity contribution is 4.93. The molecule has 0 aliphatic heterocycles. The molecule has 0 amide bonds. The zero-order valence-electron chi connectivity index (χ0n) is 11.7. The summed E-state index contributed by atoms with van der Waals surface area (Å²) in [6.45, 7) is 4.55. The summed E-state index contributed by atoms with van der Waals surface area (Å²) in [5.74, 6) is 3.27. The summed E-state index contributed by atoms with van der Waals surface area (Å²) >= 11 is 0. The van der Waals surface area contributed by atoms with Gasteiger partial charge in [-0.1, -0.05) is 46.0 Å². The van der Waals surface area contributed by atoms with Crippen molar-refractivity contribution in [3.05, 3.63) is 0 Å². The molecule has 5 unspecified atom stereocenters. The molecule has 5 atom stereocenters. The predicted octanol–water partition coefficient (Wildman–Crippen LogP) is 4.39. The molecule has 2 saturated carbocycles. The molecule has 2 fully saturated rings. The number of hydrogen-bond acceptors (Lipinski definition) is 1. The van der Waals surface area contributed by atoms with Crippen molar-refractivity contribution in [1.29, 1.82) is 0 Å². The summed E-state index contributed by atoms with van der Waals surface area (Å²) in [7, 11) is 0. The molecule has 0 radical (unpaired) electrons. The Morgan fingerprint density at radius 2 is 2.00 bits per heavy atom. The molecule has 2 aliphatic carbocycles. The minimum absolute atomic E-state index is 0.00658. The van der Waals surface area contributed by atoms with E-state index in [1.807, 2.05) is 0 Å². The fourth-order valence-corrected chi connectivity index (χ4v) is 4.26. The second kappa shape index (κ2) is 6.22. The molecule has 0 saturated heterocycles. The van der Waals surface area contributed by atoms with Gasteiger partial charge in [0.1, 0.15) is 0 Å². The Morgan fingerprint density at radius 3 is 2.53 bits per heavy atom. The van der Waals surface area contributed by atoms with Crippen molar-refractivity contribution >= 4 is 0 Å². The van der Waals surface area contributed by atoms with Crippen molar-refractivity contribution in [2.24, 2.45) is 23.7 Å². The van der Waals surface area contributed by atoms with Crippen LogP contribution in [0.25, 0.3) is 0 Å². The van der Waals surface area contributed by atoms with Gasteiger partial charge in [-0.3, -0.25) is 0 Å². The Labute approximate surface area is 107 Å². The van der Waals surface area contributed by atoms with Gasteiger partial charge in [-0.2, -0.15) is 0 Å². The van der Waals surface area contributed by atoms with Crippen LogP contribution in [0.5, 0.6) is 0 Å². The minimum Gasteiger partial charge on any atom is -0.393 e. The van der Waals surface area contributed by atoms with Crippen molar-refractivity contribution in [2.45, 2.75) is 77.7 Å². The fourth-order valence-electron chi connectivity index (χ4n) is 4.26. The van der Waals surface area contributed by atoms with Gasteiger partial charge in [0.25, 0.3) is 0 Å². The van der Waals surface area contributed by atoms with Crippen molar-refractivity contribution in [3.63, 3.8) is 0 Å². The maximum Gasteiger partial charge on any atom is 0.0573 e. The lowest BCUT2D eigenvalue weighted by Gasteiger charge is -2.29. The maximum atomic E-state index is 10.5. The molecule has 2 bridgehead atoms. The van der Waals surface area contributed by atoms with Crippen LogP contribution in [0.2, 0.25) is 0 Å². The van der Waals surface area contributed by atoms with Crippen molar-refractivity contribution in [2.75, 3.05) is 0 Å². The zero-order valence-corrected chi connectivity index (χ0v) is 11.7. The van der Waals surface area contributed by atoms with Gasteiger partial charge >= 0.3 is 0 Å². The fraction of sp³-hybridized carbons (Fsp3) is 1.00. The molecule has 17 heavy (non-hydrogen) atoms. The van der Waals surface area contributed by atoms with Gasteiger partial charge in [-0.05, 0) is 49.4 Å². The van der Waals surface area contributed by atoms with Crippen LogP contribution in [0.4, 0.5) is 0 Å². The van der Waals surface area contributed by atoms with Gasteiger partial charge in [0.2, 0.25) is 0 Å². The molecule has 0 heterocycles. The molecule has 0 aromatic heterocycles. The first kappa shape index (κ1) is 13.4. The SMILES string of the molecule is CCCCC(CC)CC(O)C1CC2CCC1C2. The summed E-state index contributed by atoms with van der Waals surface area (Å²) in [6.07, 6.45) is 11.9. The Hall–Kier alpha value is -0.0400. The molecular weight excluding hydrogens is 208 g/mol. The Bertz CT molecular complexity index is 226. The van der Waals surface area contributed by atoms with Crippen LogP contribution in [-0.4, -0.2) is 11.2 Å². The van der Waals surface area contributed by atoms with Gasteiger partial charge in [0.05, 0.1) is 6.10 Å². The quantitative estimate of drug-likeness (QED) is 0.697. The monoisotopic (exact) mass is 238 g/mol. The molecule has 2 rings (SSSR count). The first-order valence-corrected chi connectivity index (χ1v) is 7.92. The molecule has 1 heteroatoms. The van der Waals surface area contributed by atoms with Crippen LogP contribution in [0, 0.1) is 23.7 Å². The van der Waals surface area contributed by atoms with E-state index in [4.69, 9.17) is 0 Å². The van der Waals surface area contributed by atoms with Crippen LogP contribution >= 0.6 is 0 Å². The topological polar surface area (TPSA) is 20.2 Å². The number of aliphatic hydroxyl groups is 1. The van der Waals surface area contributed by atoms with E-state index in [2.05, 4.69) is 13.8 Å². The number of fused-ring (bicyclic) bond motifs is 2. The largest absolute Gasteiger partial charge is 0.393 e. The van der Waals surface area contributed by atoms with Crippen molar-refractivity contribution in [1.82, 2.24) is 0 Å². The summed E-state index contributed by atoms with van der Waals surface area (Å²) in [4.78, 5) is 0. The second-order valence-corrected chi connectivity index (χ2v) is 6.56. The van der Waals surface area contributed by atoms with Gasteiger partial charge in [-0.15, -0.1) is 0 Å². The Kier molecular flexibility index (Phi) is 4.90. The molecule has 0 aromatic carbocycles. The minimum atomic E-state index is 0.00658. The second-order valence-electron chi connectivity index (χ2n) is 6.56. The first-order valence-electron chi connectivity index (χ1n) is 7.92. The average Bonchev–Trinajstić information content (AvgIpc) is 2.96.